The number of hydrogen-bond donors (Lipinski definition) is 1. The van der Waals surface area contributed by atoms with Gasteiger partial charge in [0.2, 0.25) is 0 Å². The number of halogens is 4. The normalized spacial score (nSPS) is 11.2. The average Bonchev–Trinajstić information content (AvgIpc) is 2.30. The largest absolute Gasteiger partial charge is 0.573 e. The van der Waals surface area contributed by atoms with Gasteiger partial charge in [0.15, 0.2) is 11.0 Å². The predicted octanol–water partition coefficient (Wildman–Crippen LogP) is 3.77. The minimum atomic E-state index is -4.72. The van der Waals surface area contributed by atoms with Gasteiger partial charge in [0.1, 0.15) is 5.75 Å². The summed E-state index contributed by atoms with van der Waals surface area (Å²) in [4.78, 5) is 0. The molecule has 0 saturated carbocycles. The predicted molar refractivity (Wildman–Crippen MR) is 63.4 cm³/mol. The molecule has 0 radical (unpaired) electrons. The number of rotatable bonds is 3. The van der Waals surface area contributed by atoms with Gasteiger partial charge in [-0.3, -0.25) is 0 Å². The SMILES string of the molecule is FC(F)(F)Oc1cccc(Nc2ccc(Cl)nn2)c1. The van der Waals surface area contributed by atoms with Crippen LogP contribution in [0.15, 0.2) is 36.4 Å². The zero-order chi connectivity index (χ0) is 13.9. The van der Waals surface area contributed by atoms with E-state index in [0.29, 0.717) is 11.5 Å². The van der Waals surface area contributed by atoms with E-state index in [1.165, 1.54) is 24.3 Å². The smallest absolute Gasteiger partial charge is 0.406 e. The van der Waals surface area contributed by atoms with Gasteiger partial charge in [-0.2, -0.15) is 0 Å². The van der Waals surface area contributed by atoms with Crippen molar-refractivity contribution in [3.05, 3.63) is 41.6 Å². The molecule has 0 aliphatic carbocycles. The fourth-order valence-corrected chi connectivity index (χ4v) is 1.40. The maximum Gasteiger partial charge on any atom is 0.573 e. The van der Waals surface area contributed by atoms with Crippen LogP contribution >= 0.6 is 11.6 Å². The van der Waals surface area contributed by atoms with Gasteiger partial charge in [-0.15, -0.1) is 23.4 Å². The first-order chi connectivity index (χ1) is 8.92. The van der Waals surface area contributed by atoms with Crippen LogP contribution in [0.4, 0.5) is 24.7 Å². The molecule has 8 heteroatoms. The van der Waals surface area contributed by atoms with Crippen molar-refractivity contribution in [2.75, 3.05) is 5.32 Å². The standard InChI is InChI=1S/C11H7ClF3N3O/c12-9-4-5-10(18-17-9)16-7-2-1-3-8(6-7)19-11(13,14)15/h1-6H,(H,16,18). The first kappa shape index (κ1) is 13.4. The summed E-state index contributed by atoms with van der Waals surface area (Å²) >= 11 is 5.57. The second-order valence-electron chi connectivity index (χ2n) is 3.44. The summed E-state index contributed by atoms with van der Waals surface area (Å²) in [5.74, 6) is 0.0352. The summed E-state index contributed by atoms with van der Waals surface area (Å²) in [6.07, 6.45) is -4.72. The monoisotopic (exact) mass is 289 g/mol. The third-order valence-corrected chi connectivity index (χ3v) is 2.17. The number of alkyl halides is 3. The van der Waals surface area contributed by atoms with Crippen molar-refractivity contribution in [1.29, 1.82) is 0 Å². The van der Waals surface area contributed by atoms with Crippen molar-refractivity contribution in [2.45, 2.75) is 6.36 Å². The molecule has 1 aromatic carbocycles. The van der Waals surface area contributed by atoms with Crippen LogP contribution in [-0.2, 0) is 0 Å². The molecule has 2 rings (SSSR count). The first-order valence-electron chi connectivity index (χ1n) is 5.04. The van der Waals surface area contributed by atoms with E-state index >= 15 is 0 Å². The van der Waals surface area contributed by atoms with E-state index in [0.717, 1.165) is 0 Å². The molecule has 0 amide bonds. The Hall–Kier alpha value is -2.02. The highest BCUT2D eigenvalue weighted by molar-refractivity contribution is 6.29. The number of hydrogen-bond acceptors (Lipinski definition) is 4. The van der Waals surface area contributed by atoms with E-state index in [-0.39, 0.29) is 10.9 Å². The Kier molecular flexibility index (Phi) is 3.75. The second kappa shape index (κ2) is 5.31. The molecule has 19 heavy (non-hydrogen) atoms. The summed E-state index contributed by atoms with van der Waals surface area (Å²) in [6.45, 7) is 0. The quantitative estimate of drug-likeness (QED) is 0.934. The van der Waals surface area contributed by atoms with Crippen molar-refractivity contribution in [3.63, 3.8) is 0 Å². The highest BCUT2D eigenvalue weighted by atomic mass is 35.5. The fraction of sp³-hybridized carbons (Fsp3) is 0.0909. The third-order valence-electron chi connectivity index (χ3n) is 1.97. The van der Waals surface area contributed by atoms with Gasteiger partial charge in [-0.25, -0.2) is 0 Å². The molecule has 0 atom stereocenters. The van der Waals surface area contributed by atoms with Crippen molar-refractivity contribution in [3.8, 4) is 5.75 Å². The molecule has 1 aromatic heterocycles. The molecule has 0 bridgehead atoms. The van der Waals surface area contributed by atoms with Gasteiger partial charge < -0.3 is 10.1 Å². The lowest BCUT2D eigenvalue weighted by Gasteiger charge is -2.10. The molecule has 0 spiro atoms. The van der Waals surface area contributed by atoms with Crippen LogP contribution in [0.2, 0.25) is 5.15 Å². The lowest BCUT2D eigenvalue weighted by Crippen LogP contribution is -2.17. The molecule has 0 saturated heterocycles. The molecule has 0 aliphatic rings. The molecule has 0 unspecified atom stereocenters. The molecular weight excluding hydrogens is 283 g/mol. The van der Waals surface area contributed by atoms with Gasteiger partial charge in [0.05, 0.1) is 0 Å². The Morgan fingerprint density at radius 2 is 1.89 bits per heavy atom. The number of nitrogens with zero attached hydrogens (tertiary/aromatic N) is 2. The molecule has 0 fully saturated rings. The number of anilines is 2. The highest BCUT2D eigenvalue weighted by Gasteiger charge is 2.31. The molecule has 0 aliphatic heterocycles. The van der Waals surface area contributed by atoms with Crippen molar-refractivity contribution in [1.82, 2.24) is 10.2 Å². The lowest BCUT2D eigenvalue weighted by molar-refractivity contribution is -0.274. The Morgan fingerprint density at radius 1 is 1.11 bits per heavy atom. The minimum absolute atomic E-state index is 0.222. The van der Waals surface area contributed by atoms with Crippen LogP contribution in [0.1, 0.15) is 0 Å². The van der Waals surface area contributed by atoms with Crippen LogP contribution in [0.25, 0.3) is 0 Å². The zero-order valence-corrected chi connectivity index (χ0v) is 10.0. The van der Waals surface area contributed by atoms with Gasteiger partial charge in [-0.1, -0.05) is 17.7 Å². The molecular formula is C11H7ClF3N3O. The Bertz CT molecular complexity index is 560. The zero-order valence-electron chi connectivity index (χ0n) is 9.28. The Labute approximate surface area is 111 Å². The minimum Gasteiger partial charge on any atom is -0.406 e. The van der Waals surface area contributed by atoms with Crippen LogP contribution in [0.5, 0.6) is 5.75 Å². The van der Waals surface area contributed by atoms with Crippen LogP contribution < -0.4 is 10.1 Å². The topological polar surface area (TPSA) is 47.0 Å². The fourth-order valence-electron chi connectivity index (χ4n) is 1.30. The van der Waals surface area contributed by atoms with Crippen LogP contribution in [0, 0.1) is 0 Å². The summed E-state index contributed by atoms with van der Waals surface area (Å²) in [6, 6.07) is 8.45. The van der Waals surface area contributed by atoms with Crippen LogP contribution in [0.3, 0.4) is 0 Å². The molecule has 1 N–H and O–H groups in total. The summed E-state index contributed by atoms with van der Waals surface area (Å²) < 4.78 is 40.0. The second-order valence-corrected chi connectivity index (χ2v) is 3.83. The van der Waals surface area contributed by atoms with E-state index in [4.69, 9.17) is 11.6 Å². The Balaban J connectivity index is 2.13. The van der Waals surface area contributed by atoms with Gasteiger partial charge in [-0.05, 0) is 24.3 Å². The number of ether oxygens (including phenoxy) is 1. The number of benzene rings is 1. The number of nitrogens with one attached hydrogen (secondary N) is 1. The van der Waals surface area contributed by atoms with E-state index < -0.39 is 6.36 Å². The third kappa shape index (κ3) is 4.29. The van der Waals surface area contributed by atoms with Gasteiger partial charge in [0.25, 0.3) is 0 Å². The first-order valence-corrected chi connectivity index (χ1v) is 5.42. The van der Waals surface area contributed by atoms with Gasteiger partial charge >= 0.3 is 6.36 Å². The van der Waals surface area contributed by atoms with Crippen molar-refractivity contribution >= 4 is 23.1 Å². The Morgan fingerprint density at radius 3 is 2.53 bits per heavy atom. The molecule has 100 valence electrons. The number of aromatic nitrogens is 2. The molecule has 4 nitrogen and oxygen atoms in total. The lowest BCUT2D eigenvalue weighted by atomic mass is 10.3. The van der Waals surface area contributed by atoms with E-state index in [9.17, 15) is 13.2 Å². The molecule has 1 heterocycles. The van der Waals surface area contributed by atoms with Crippen molar-refractivity contribution in [2.24, 2.45) is 0 Å². The summed E-state index contributed by atoms with van der Waals surface area (Å²) in [5, 5.41) is 10.3. The van der Waals surface area contributed by atoms with Crippen LogP contribution in [-0.4, -0.2) is 16.6 Å². The van der Waals surface area contributed by atoms with E-state index in [1.807, 2.05) is 0 Å². The maximum absolute atomic E-state index is 12.1. The van der Waals surface area contributed by atoms with Crippen molar-refractivity contribution < 1.29 is 17.9 Å². The summed E-state index contributed by atoms with van der Waals surface area (Å²) in [7, 11) is 0. The van der Waals surface area contributed by atoms with E-state index in [1.54, 1.807) is 12.1 Å². The maximum atomic E-state index is 12.1. The highest BCUT2D eigenvalue weighted by Crippen LogP contribution is 2.26. The summed E-state index contributed by atoms with van der Waals surface area (Å²) in [5.41, 5.74) is 0.387. The van der Waals surface area contributed by atoms with Gasteiger partial charge in [0, 0.05) is 11.8 Å². The average molecular weight is 290 g/mol. The molecule has 2 aromatic rings. The van der Waals surface area contributed by atoms with E-state index in [2.05, 4.69) is 20.3 Å².